The zero-order valence-corrected chi connectivity index (χ0v) is 20.8. The van der Waals surface area contributed by atoms with Crippen LogP contribution in [0.2, 0.25) is 0 Å². The number of aryl methyl sites for hydroxylation is 2. The Labute approximate surface area is 192 Å². The molecule has 1 fully saturated rings. The van der Waals surface area contributed by atoms with Crippen LogP contribution in [0.1, 0.15) is 71.1 Å². The Bertz CT molecular complexity index is 1010. The van der Waals surface area contributed by atoms with Gasteiger partial charge in [-0.1, -0.05) is 43.9 Å². The van der Waals surface area contributed by atoms with Crippen LogP contribution in [0.4, 0.5) is 5.82 Å². The molecule has 2 aliphatic rings. The second kappa shape index (κ2) is 12.4. The van der Waals surface area contributed by atoms with Crippen LogP contribution < -0.4 is 31.0 Å². The lowest BCUT2D eigenvalue weighted by atomic mass is 10.2. The molecule has 2 aromatic rings. The van der Waals surface area contributed by atoms with Crippen LogP contribution in [0.25, 0.3) is 11.1 Å². The van der Waals surface area contributed by atoms with E-state index in [0.717, 1.165) is 35.0 Å². The van der Waals surface area contributed by atoms with E-state index >= 15 is 0 Å². The van der Waals surface area contributed by atoms with Gasteiger partial charge in [-0.15, -0.1) is 5.10 Å². The Hall–Kier alpha value is -2.60. The molecule has 1 aromatic carbocycles. The zero-order chi connectivity index (χ0) is 23.7. The van der Waals surface area contributed by atoms with Crippen LogP contribution in [-0.4, -0.2) is 30.1 Å². The van der Waals surface area contributed by atoms with Crippen LogP contribution in [0, 0.1) is 13.8 Å². The van der Waals surface area contributed by atoms with Crippen LogP contribution in [-0.2, 0) is 0 Å². The smallest absolute Gasteiger partial charge is 0.156 e. The molecule has 176 valence electrons. The second-order valence-corrected chi connectivity index (χ2v) is 8.19. The van der Waals surface area contributed by atoms with Gasteiger partial charge in [-0.3, -0.25) is 5.73 Å². The molecule has 1 heterocycles. The van der Waals surface area contributed by atoms with Gasteiger partial charge in [-0.05, 0) is 58.6 Å². The molecule has 2 aliphatic carbocycles. The minimum Gasteiger partial charge on any atom is -0.496 e. The van der Waals surface area contributed by atoms with E-state index in [1.807, 2.05) is 39.0 Å². The van der Waals surface area contributed by atoms with Gasteiger partial charge in [0.1, 0.15) is 18.2 Å². The Kier molecular flexibility index (Phi) is 9.97. The van der Waals surface area contributed by atoms with Gasteiger partial charge < -0.3 is 14.8 Å². The van der Waals surface area contributed by atoms with E-state index < -0.39 is 0 Å². The molecule has 0 unspecified atom stereocenters. The van der Waals surface area contributed by atoms with E-state index in [1.165, 1.54) is 47.3 Å². The van der Waals surface area contributed by atoms with E-state index in [-0.39, 0.29) is 6.73 Å². The third kappa shape index (κ3) is 6.22. The normalized spacial score (nSPS) is 14.8. The Balaban J connectivity index is 0.000000227. The maximum absolute atomic E-state index is 5.23. The fraction of sp³-hybridized carbons (Fsp3) is 0.538. The maximum Gasteiger partial charge on any atom is 0.156 e. The van der Waals surface area contributed by atoms with E-state index in [4.69, 9.17) is 15.2 Å². The lowest BCUT2D eigenvalue weighted by Gasteiger charge is -2.13. The molecule has 0 amide bonds. The Morgan fingerprint density at radius 3 is 2.28 bits per heavy atom. The predicted octanol–water partition coefficient (Wildman–Crippen LogP) is 4.21. The molecule has 0 spiro atoms. The summed E-state index contributed by atoms with van der Waals surface area (Å²) in [6.45, 7) is 12.7. The molecule has 6 heteroatoms. The number of aromatic nitrogens is 2. The lowest BCUT2D eigenvalue weighted by Crippen LogP contribution is -2.34. The van der Waals surface area contributed by atoms with Gasteiger partial charge in [-0.2, -0.15) is 5.10 Å². The summed E-state index contributed by atoms with van der Waals surface area (Å²) in [7, 11) is 1.63. The van der Waals surface area contributed by atoms with Crippen molar-refractivity contribution >= 4 is 17.0 Å². The summed E-state index contributed by atoms with van der Waals surface area (Å²) in [5.41, 5.74) is 10.2. The summed E-state index contributed by atoms with van der Waals surface area (Å²) in [5, 5.41) is 15.0. The monoisotopic (exact) mass is 440 g/mol. The van der Waals surface area contributed by atoms with Gasteiger partial charge in [0.15, 0.2) is 5.82 Å². The second-order valence-electron chi connectivity index (χ2n) is 8.19. The fourth-order valence-corrected chi connectivity index (χ4v) is 4.39. The van der Waals surface area contributed by atoms with Crippen molar-refractivity contribution in [2.45, 2.75) is 79.7 Å². The number of benzene rings is 1. The molecule has 32 heavy (non-hydrogen) atoms. The molecule has 0 saturated heterocycles. The molecule has 4 rings (SSSR count). The fourth-order valence-electron chi connectivity index (χ4n) is 4.39. The number of nitrogens with two attached hydrogens (primary N) is 1. The largest absolute Gasteiger partial charge is 0.496 e. The maximum atomic E-state index is 5.23. The number of hydrogen-bond donors (Lipinski definition) is 2. The first-order chi connectivity index (χ1) is 15.4. The first-order valence-corrected chi connectivity index (χ1v) is 11.7. The molecule has 0 bridgehead atoms. The molecule has 3 N–H and O–H groups in total. The van der Waals surface area contributed by atoms with Crippen molar-refractivity contribution in [3.63, 3.8) is 0 Å². The minimum atomic E-state index is 0.187. The van der Waals surface area contributed by atoms with Gasteiger partial charge in [0.2, 0.25) is 0 Å². The first kappa shape index (κ1) is 25.7. The molecule has 1 saturated carbocycles. The molecule has 0 aliphatic heterocycles. The SMILES string of the molecule is CC.CC1=c2c(C)nnc(NC3CCCC3)c2=C(C)C1.COc1cc(OCN)ccc1C. The summed E-state index contributed by atoms with van der Waals surface area (Å²) in [4.78, 5) is 0. The van der Waals surface area contributed by atoms with E-state index in [2.05, 4.69) is 36.3 Å². The van der Waals surface area contributed by atoms with Crippen molar-refractivity contribution < 1.29 is 9.47 Å². The van der Waals surface area contributed by atoms with Gasteiger partial charge in [0.25, 0.3) is 0 Å². The van der Waals surface area contributed by atoms with Gasteiger partial charge >= 0.3 is 0 Å². The van der Waals surface area contributed by atoms with Crippen molar-refractivity contribution in [1.29, 1.82) is 0 Å². The number of nitrogens with one attached hydrogen (secondary N) is 1. The molecule has 1 aromatic heterocycles. The standard InChI is InChI=1S/C15H21N3.C9H13NO2.C2H6/c1-9-8-10(2)14-13(9)11(3)17-18-15(14)16-12-6-4-5-7-12;1-7-3-4-8(12-6-10)5-9(7)11-2;1-2/h12H,4-8H2,1-3H3,(H,16,18);3-5H,6,10H2,1-2H3;1-2H3. The van der Waals surface area contributed by atoms with Crippen LogP contribution in [0.5, 0.6) is 11.5 Å². The van der Waals surface area contributed by atoms with E-state index in [1.54, 1.807) is 7.11 Å². The third-order valence-corrected chi connectivity index (χ3v) is 5.86. The number of ether oxygens (including phenoxy) is 2. The highest BCUT2D eigenvalue weighted by Gasteiger charge is 2.19. The molecular weight excluding hydrogens is 400 g/mol. The first-order valence-electron chi connectivity index (χ1n) is 11.7. The summed E-state index contributed by atoms with van der Waals surface area (Å²) in [6, 6.07) is 6.22. The van der Waals surface area contributed by atoms with Gasteiger partial charge in [0.05, 0.1) is 12.8 Å². The number of anilines is 1. The highest BCUT2D eigenvalue weighted by Crippen LogP contribution is 2.23. The lowest BCUT2D eigenvalue weighted by molar-refractivity contribution is 0.326. The Morgan fingerprint density at radius 2 is 1.66 bits per heavy atom. The average Bonchev–Trinajstić information content (AvgIpc) is 3.41. The van der Waals surface area contributed by atoms with Crippen molar-refractivity contribution in [1.82, 2.24) is 10.2 Å². The molecule has 6 nitrogen and oxygen atoms in total. The van der Waals surface area contributed by atoms with Gasteiger partial charge in [0, 0.05) is 22.5 Å². The summed E-state index contributed by atoms with van der Waals surface area (Å²) >= 11 is 0. The van der Waals surface area contributed by atoms with Crippen LogP contribution in [0.3, 0.4) is 0 Å². The molecular formula is C26H40N4O2. The predicted molar refractivity (Wildman–Crippen MR) is 133 cm³/mol. The number of fused-ring (bicyclic) bond motifs is 1. The number of rotatable bonds is 5. The van der Waals surface area contributed by atoms with Crippen LogP contribution in [0.15, 0.2) is 18.2 Å². The highest BCUT2D eigenvalue weighted by molar-refractivity contribution is 5.69. The number of methoxy groups -OCH3 is 1. The van der Waals surface area contributed by atoms with E-state index in [9.17, 15) is 0 Å². The zero-order valence-electron chi connectivity index (χ0n) is 20.8. The quantitative estimate of drug-likeness (QED) is 0.678. The highest BCUT2D eigenvalue weighted by atomic mass is 16.5. The van der Waals surface area contributed by atoms with E-state index in [0.29, 0.717) is 6.04 Å². The number of hydrogen-bond acceptors (Lipinski definition) is 6. The molecule has 0 radical (unpaired) electrons. The van der Waals surface area contributed by atoms with Crippen molar-refractivity contribution in [2.75, 3.05) is 19.2 Å². The van der Waals surface area contributed by atoms with Crippen molar-refractivity contribution in [3.8, 4) is 11.5 Å². The molecule has 0 atom stereocenters. The third-order valence-electron chi connectivity index (χ3n) is 5.86. The minimum absolute atomic E-state index is 0.187. The van der Waals surface area contributed by atoms with Gasteiger partial charge in [-0.25, -0.2) is 0 Å². The van der Waals surface area contributed by atoms with Crippen molar-refractivity contribution in [2.24, 2.45) is 5.73 Å². The Morgan fingerprint density at radius 1 is 1.00 bits per heavy atom. The summed E-state index contributed by atoms with van der Waals surface area (Å²) < 4.78 is 10.2. The summed E-state index contributed by atoms with van der Waals surface area (Å²) in [5.74, 6) is 2.57. The summed E-state index contributed by atoms with van der Waals surface area (Å²) in [6.07, 6.45) is 6.29. The topological polar surface area (TPSA) is 82.3 Å². The average molecular weight is 441 g/mol. The van der Waals surface area contributed by atoms with Crippen molar-refractivity contribution in [3.05, 3.63) is 39.9 Å². The van der Waals surface area contributed by atoms with Crippen LogP contribution >= 0.6 is 0 Å². The number of nitrogens with zero attached hydrogens (tertiary/aromatic N) is 2.